The maximum Gasteiger partial charge on any atom is 0.271 e. The van der Waals surface area contributed by atoms with Gasteiger partial charge in [-0.1, -0.05) is 0 Å². The highest BCUT2D eigenvalue weighted by atomic mass is 16.1. The molecule has 1 aliphatic heterocycles. The van der Waals surface area contributed by atoms with Crippen molar-refractivity contribution in [2.24, 2.45) is 0 Å². The van der Waals surface area contributed by atoms with E-state index >= 15 is 0 Å². The second-order valence-corrected chi connectivity index (χ2v) is 5.48. The minimum absolute atomic E-state index is 0.152. The van der Waals surface area contributed by atoms with Crippen LogP contribution in [-0.4, -0.2) is 35.0 Å². The SMILES string of the molecule is N#Cc1ccc(N2CCC(NC(=O)c3cnccn3)CC2)cc1. The van der Waals surface area contributed by atoms with Gasteiger partial charge in [-0.15, -0.1) is 0 Å². The van der Waals surface area contributed by atoms with Gasteiger partial charge in [0, 0.05) is 37.2 Å². The van der Waals surface area contributed by atoms with Crippen molar-refractivity contribution in [2.45, 2.75) is 18.9 Å². The molecule has 1 amide bonds. The van der Waals surface area contributed by atoms with Crippen molar-refractivity contribution in [1.82, 2.24) is 15.3 Å². The maximum absolute atomic E-state index is 12.1. The monoisotopic (exact) mass is 307 g/mol. The largest absolute Gasteiger partial charge is 0.371 e. The van der Waals surface area contributed by atoms with Gasteiger partial charge in [-0.2, -0.15) is 5.26 Å². The van der Waals surface area contributed by atoms with Crippen LogP contribution in [0.5, 0.6) is 0 Å². The van der Waals surface area contributed by atoms with Crippen LogP contribution in [0.15, 0.2) is 42.9 Å². The van der Waals surface area contributed by atoms with Crippen molar-refractivity contribution in [3.05, 3.63) is 54.1 Å². The van der Waals surface area contributed by atoms with Crippen LogP contribution < -0.4 is 10.2 Å². The summed E-state index contributed by atoms with van der Waals surface area (Å²) in [5.41, 5.74) is 2.13. The summed E-state index contributed by atoms with van der Waals surface area (Å²) in [5.74, 6) is -0.171. The highest BCUT2D eigenvalue weighted by molar-refractivity contribution is 5.92. The molecule has 1 N–H and O–H groups in total. The first-order chi connectivity index (χ1) is 11.3. The first-order valence-electron chi connectivity index (χ1n) is 7.58. The summed E-state index contributed by atoms with van der Waals surface area (Å²) in [6.07, 6.45) is 6.30. The first-order valence-corrected chi connectivity index (χ1v) is 7.58. The smallest absolute Gasteiger partial charge is 0.271 e. The number of nitrogens with one attached hydrogen (secondary N) is 1. The lowest BCUT2D eigenvalue weighted by atomic mass is 10.0. The van der Waals surface area contributed by atoms with Gasteiger partial charge in [0.15, 0.2) is 0 Å². The van der Waals surface area contributed by atoms with E-state index < -0.39 is 0 Å². The summed E-state index contributed by atoms with van der Waals surface area (Å²) in [5, 5.41) is 11.9. The van der Waals surface area contributed by atoms with E-state index in [2.05, 4.69) is 26.3 Å². The molecule has 116 valence electrons. The predicted octanol–water partition coefficient (Wildman–Crippen LogP) is 1.75. The molecule has 2 heterocycles. The number of hydrogen-bond donors (Lipinski definition) is 1. The molecule has 23 heavy (non-hydrogen) atoms. The summed E-state index contributed by atoms with van der Waals surface area (Å²) in [7, 11) is 0. The Kier molecular flexibility index (Phi) is 4.48. The van der Waals surface area contributed by atoms with E-state index in [1.165, 1.54) is 12.4 Å². The average molecular weight is 307 g/mol. The Morgan fingerprint density at radius 2 is 1.96 bits per heavy atom. The van der Waals surface area contributed by atoms with Crippen molar-refractivity contribution >= 4 is 11.6 Å². The Bertz CT molecular complexity index is 700. The predicted molar refractivity (Wildman–Crippen MR) is 85.9 cm³/mol. The highest BCUT2D eigenvalue weighted by Gasteiger charge is 2.21. The summed E-state index contributed by atoms with van der Waals surface area (Å²) in [6, 6.07) is 9.88. The minimum Gasteiger partial charge on any atom is -0.371 e. The quantitative estimate of drug-likeness (QED) is 0.934. The van der Waals surface area contributed by atoms with E-state index in [0.29, 0.717) is 11.3 Å². The molecule has 0 unspecified atom stereocenters. The molecule has 6 nitrogen and oxygen atoms in total. The third-order valence-electron chi connectivity index (χ3n) is 3.99. The molecule has 0 radical (unpaired) electrons. The molecule has 2 aromatic rings. The first kappa shape index (κ1) is 15.0. The summed E-state index contributed by atoms with van der Waals surface area (Å²) in [4.78, 5) is 22.3. The number of nitrogens with zero attached hydrogens (tertiary/aromatic N) is 4. The highest BCUT2D eigenvalue weighted by Crippen LogP contribution is 2.20. The lowest BCUT2D eigenvalue weighted by Gasteiger charge is -2.33. The van der Waals surface area contributed by atoms with Crippen molar-refractivity contribution in [3.8, 4) is 6.07 Å². The number of carbonyl (C=O) groups excluding carboxylic acids is 1. The lowest BCUT2D eigenvalue weighted by Crippen LogP contribution is -2.44. The van der Waals surface area contributed by atoms with Gasteiger partial charge in [0.25, 0.3) is 5.91 Å². The van der Waals surface area contributed by atoms with Crippen LogP contribution in [0.1, 0.15) is 28.9 Å². The fraction of sp³-hybridized carbons (Fsp3) is 0.294. The third-order valence-corrected chi connectivity index (χ3v) is 3.99. The van der Waals surface area contributed by atoms with E-state index in [4.69, 9.17) is 5.26 Å². The molecule has 0 atom stereocenters. The van der Waals surface area contributed by atoms with Crippen LogP contribution in [0.4, 0.5) is 5.69 Å². The van der Waals surface area contributed by atoms with Gasteiger partial charge in [0.2, 0.25) is 0 Å². The molecule has 0 saturated carbocycles. The number of rotatable bonds is 3. The maximum atomic E-state index is 12.1. The summed E-state index contributed by atoms with van der Waals surface area (Å²) >= 11 is 0. The number of anilines is 1. The summed E-state index contributed by atoms with van der Waals surface area (Å²) in [6.45, 7) is 1.74. The lowest BCUT2D eigenvalue weighted by molar-refractivity contribution is 0.0925. The molecular formula is C17H17N5O. The zero-order chi connectivity index (χ0) is 16.1. The molecule has 1 aromatic carbocycles. The van der Waals surface area contributed by atoms with Gasteiger partial charge in [-0.3, -0.25) is 9.78 Å². The minimum atomic E-state index is -0.171. The van der Waals surface area contributed by atoms with Gasteiger partial charge in [0.05, 0.1) is 17.8 Å². The van der Waals surface area contributed by atoms with Crippen molar-refractivity contribution < 1.29 is 4.79 Å². The Hall–Kier alpha value is -2.94. The van der Waals surface area contributed by atoms with Crippen molar-refractivity contribution in [1.29, 1.82) is 5.26 Å². The van der Waals surface area contributed by atoms with Crippen LogP contribution in [0.25, 0.3) is 0 Å². The van der Waals surface area contributed by atoms with Crippen molar-refractivity contribution in [2.75, 3.05) is 18.0 Å². The van der Waals surface area contributed by atoms with E-state index in [1.807, 2.05) is 24.3 Å². The van der Waals surface area contributed by atoms with Crippen molar-refractivity contribution in [3.63, 3.8) is 0 Å². The standard InChI is InChI=1S/C17H17N5O/c18-11-13-1-3-15(4-2-13)22-9-5-14(6-10-22)21-17(23)16-12-19-7-8-20-16/h1-4,7-8,12,14H,5-6,9-10H2,(H,21,23). The van der Waals surface area contributed by atoms with Crippen LogP contribution in [-0.2, 0) is 0 Å². The summed E-state index contributed by atoms with van der Waals surface area (Å²) < 4.78 is 0. The molecule has 3 rings (SSSR count). The second-order valence-electron chi connectivity index (χ2n) is 5.48. The number of nitriles is 1. The zero-order valence-corrected chi connectivity index (χ0v) is 12.6. The van der Waals surface area contributed by atoms with Crippen LogP contribution in [0, 0.1) is 11.3 Å². The number of aromatic nitrogens is 2. The molecule has 0 spiro atoms. The van der Waals surface area contributed by atoms with E-state index in [1.54, 1.807) is 6.20 Å². The molecule has 6 heteroatoms. The molecule has 1 aliphatic rings. The fourth-order valence-electron chi connectivity index (χ4n) is 2.70. The normalized spacial score (nSPS) is 15.0. The van der Waals surface area contributed by atoms with Crippen LogP contribution in [0.3, 0.4) is 0 Å². The average Bonchev–Trinajstić information content (AvgIpc) is 2.63. The second kappa shape index (κ2) is 6.88. The number of amides is 1. The Labute approximate surface area is 134 Å². The Morgan fingerprint density at radius 3 is 2.57 bits per heavy atom. The van der Waals surface area contributed by atoms with E-state index in [0.717, 1.165) is 31.6 Å². The Morgan fingerprint density at radius 1 is 1.22 bits per heavy atom. The number of hydrogen-bond acceptors (Lipinski definition) is 5. The van der Waals surface area contributed by atoms with Gasteiger partial charge in [0.1, 0.15) is 5.69 Å². The molecule has 0 aliphatic carbocycles. The zero-order valence-electron chi connectivity index (χ0n) is 12.6. The van der Waals surface area contributed by atoms with Crippen LogP contribution in [0.2, 0.25) is 0 Å². The molecule has 0 bridgehead atoms. The van der Waals surface area contributed by atoms with E-state index in [-0.39, 0.29) is 11.9 Å². The topological polar surface area (TPSA) is 81.9 Å². The van der Waals surface area contributed by atoms with Gasteiger partial charge in [-0.25, -0.2) is 4.98 Å². The fourth-order valence-corrected chi connectivity index (χ4v) is 2.70. The molecule has 1 aromatic heterocycles. The van der Waals surface area contributed by atoms with Gasteiger partial charge in [-0.05, 0) is 37.1 Å². The molecule has 1 fully saturated rings. The molecule has 1 saturated heterocycles. The Balaban J connectivity index is 1.54. The number of carbonyl (C=O) groups is 1. The number of benzene rings is 1. The van der Waals surface area contributed by atoms with Gasteiger partial charge >= 0.3 is 0 Å². The van der Waals surface area contributed by atoms with E-state index in [9.17, 15) is 4.79 Å². The van der Waals surface area contributed by atoms with Gasteiger partial charge < -0.3 is 10.2 Å². The molecular weight excluding hydrogens is 290 g/mol. The third kappa shape index (κ3) is 3.64. The number of piperidine rings is 1. The van der Waals surface area contributed by atoms with Crippen LogP contribution >= 0.6 is 0 Å².